The van der Waals surface area contributed by atoms with Crippen LogP contribution in [-0.4, -0.2) is 17.0 Å². The van der Waals surface area contributed by atoms with E-state index in [2.05, 4.69) is 61.7 Å². The lowest BCUT2D eigenvalue weighted by atomic mass is 10.1. The fourth-order valence-corrected chi connectivity index (χ4v) is 2.12. The molecule has 0 unspecified atom stereocenters. The van der Waals surface area contributed by atoms with E-state index in [1.165, 1.54) is 5.56 Å². The summed E-state index contributed by atoms with van der Waals surface area (Å²) in [5.41, 5.74) is 2.38. The Balaban J connectivity index is 2.30. The van der Waals surface area contributed by atoms with E-state index in [4.69, 9.17) is 0 Å². The van der Waals surface area contributed by atoms with Crippen molar-refractivity contribution in [1.29, 1.82) is 0 Å². The highest BCUT2D eigenvalue weighted by Gasteiger charge is 2.07. The molecule has 0 amide bonds. The summed E-state index contributed by atoms with van der Waals surface area (Å²) in [7, 11) is 1.80. The van der Waals surface area contributed by atoms with Crippen LogP contribution in [0.5, 0.6) is 0 Å². The van der Waals surface area contributed by atoms with Crippen molar-refractivity contribution in [3.05, 3.63) is 40.5 Å². The number of benzene rings is 1. The van der Waals surface area contributed by atoms with Gasteiger partial charge in [0.2, 0.25) is 5.95 Å². The lowest BCUT2D eigenvalue weighted by molar-refractivity contribution is 0.923. The highest BCUT2D eigenvalue weighted by atomic mass is 79.9. The monoisotopic (exact) mass is 320 g/mol. The van der Waals surface area contributed by atoms with E-state index in [1.807, 2.05) is 6.07 Å². The molecule has 100 valence electrons. The maximum Gasteiger partial charge on any atom is 0.224 e. The summed E-state index contributed by atoms with van der Waals surface area (Å²) in [6.45, 7) is 2.18. The molecule has 0 fully saturated rings. The smallest absolute Gasteiger partial charge is 0.224 e. The Labute approximate surface area is 121 Å². The highest BCUT2D eigenvalue weighted by Crippen LogP contribution is 2.26. The number of aryl methyl sites for hydroxylation is 1. The van der Waals surface area contributed by atoms with E-state index in [1.54, 1.807) is 13.2 Å². The predicted octanol–water partition coefficient (Wildman–Crippen LogP) is 3.98. The van der Waals surface area contributed by atoms with Crippen LogP contribution in [-0.2, 0) is 6.42 Å². The van der Waals surface area contributed by atoms with Crippen molar-refractivity contribution < 1.29 is 0 Å². The first kappa shape index (κ1) is 13.8. The SMILES string of the molecule is CCCc1ccccc1Nc1nc(NC)ncc1Br. The molecule has 5 heteroatoms. The Morgan fingerprint density at radius 3 is 2.79 bits per heavy atom. The fraction of sp³-hybridized carbons (Fsp3) is 0.286. The Morgan fingerprint density at radius 1 is 1.26 bits per heavy atom. The Hall–Kier alpha value is -1.62. The van der Waals surface area contributed by atoms with Crippen LogP contribution >= 0.6 is 15.9 Å². The molecule has 1 heterocycles. The fourth-order valence-electron chi connectivity index (χ4n) is 1.83. The number of anilines is 3. The van der Waals surface area contributed by atoms with Crippen molar-refractivity contribution in [1.82, 2.24) is 9.97 Å². The zero-order chi connectivity index (χ0) is 13.7. The van der Waals surface area contributed by atoms with Crippen molar-refractivity contribution in [3.63, 3.8) is 0 Å². The number of halogens is 1. The highest BCUT2D eigenvalue weighted by molar-refractivity contribution is 9.10. The molecular weight excluding hydrogens is 304 g/mol. The van der Waals surface area contributed by atoms with E-state index >= 15 is 0 Å². The average molecular weight is 321 g/mol. The van der Waals surface area contributed by atoms with Gasteiger partial charge in [-0.05, 0) is 34.0 Å². The Kier molecular flexibility index (Phi) is 4.74. The molecule has 0 aliphatic rings. The molecule has 1 aromatic heterocycles. The molecule has 2 aromatic rings. The van der Waals surface area contributed by atoms with Crippen LogP contribution in [0.15, 0.2) is 34.9 Å². The van der Waals surface area contributed by atoms with Crippen molar-refractivity contribution in [2.24, 2.45) is 0 Å². The number of nitrogens with one attached hydrogen (secondary N) is 2. The summed E-state index contributed by atoms with van der Waals surface area (Å²) in [6.07, 6.45) is 3.90. The van der Waals surface area contributed by atoms with Crippen LogP contribution in [0, 0.1) is 0 Å². The molecule has 0 aliphatic carbocycles. The van der Waals surface area contributed by atoms with Gasteiger partial charge in [-0.1, -0.05) is 31.5 Å². The van der Waals surface area contributed by atoms with Crippen LogP contribution in [0.25, 0.3) is 0 Å². The second-order valence-electron chi connectivity index (χ2n) is 4.17. The van der Waals surface area contributed by atoms with Crippen LogP contribution in [0.3, 0.4) is 0 Å². The number of nitrogens with zero attached hydrogens (tertiary/aromatic N) is 2. The quantitative estimate of drug-likeness (QED) is 0.875. The van der Waals surface area contributed by atoms with Crippen molar-refractivity contribution >= 4 is 33.4 Å². The molecule has 0 radical (unpaired) electrons. The number of hydrogen-bond donors (Lipinski definition) is 2. The van der Waals surface area contributed by atoms with Gasteiger partial charge in [0.05, 0.1) is 4.47 Å². The summed E-state index contributed by atoms with van der Waals surface area (Å²) in [4.78, 5) is 8.56. The topological polar surface area (TPSA) is 49.8 Å². The summed E-state index contributed by atoms with van der Waals surface area (Å²) < 4.78 is 0.845. The first-order chi connectivity index (χ1) is 9.24. The van der Waals surface area contributed by atoms with Gasteiger partial charge in [0.15, 0.2) is 0 Å². The van der Waals surface area contributed by atoms with Gasteiger partial charge in [0, 0.05) is 18.9 Å². The Bertz CT molecular complexity index is 557. The van der Waals surface area contributed by atoms with Crippen molar-refractivity contribution in [2.45, 2.75) is 19.8 Å². The molecule has 2 N–H and O–H groups in total. The minimum absolute atomic E-state index is 0.596. The number of hydrogen-bond acceptors (Lipinski definition) is 4. The van der Waals surface area contributed by atoms with E-state index in [0.29, 0.717) is 5.95 Å². The van der Waals surface area contributed by atoms with Crippen molar-refractivity contribution in [2.75, 3.05) is 17.7 Å². The van der Waals surface area contributed by atoms with Crippen LogP contribution in [0.4, 0.5) is 17.5 Å². The second kappa shape index (κ2) is 6.52. The molecule has 2 rings (SSSR count). The summed E-state index contributed by atoms with van der Waals surface area (Å²) in [6, 6.07) is 8.29. The first-order valence-electron chi connectivity index (χ1n) is 6.29. The summed E-state index contributed by atoms with van der Waals surface area (Å²) in [5, 5.41) is 6.30. The molecule has 4 nitrogen and oxygen atoms in total. The summed E-state index contributed by atoms with van der Waals surface area (Å²) in [5.74, 6) is 1.36. The third kappa shape index (κ3) is 3.44. The standard InChI is InChI=1S/C14H17BrN4/c1-3-6-10-7-4-5-8-12(10)18-13-11(15)9-17-14(16-2)19-13/h4-5,7-9H,3,6H2,1-2H3,(H2,16,17,18,19). The predicted molar refractivity (Wildman–Crippen MR) is 83.0 cm³/mol. The van der Waals surface area contributed by atoms with Gasteiger partial charge in [-0.15, -0.1) is 0 Å². The maximum absolute atomic E-state index is 4.41. The van der Waals surface area contributed by atoms with Gasteiger partial charge in [0.1, 0.15) is 5.82 Å². The first-order valence-corrected chi connectivity index (χ1v) is 7.09. The lowest BCUT2D eigenvalue weighted by Crippen LogP contribution is -2.02. The zero-order valence-electron chi connectivity index (χ0n) is 11.1. The molecule has 0 aliphatic heterocycles. The van der Waals surface area contributed by atoms with E-state index < -0.39 is 0 Å². The third-order valence-electron chi connectivity index (χ3n) is 2.76. The molecule has 19 heavy (non-hydrogen) atoms. The maximum atomic E-state index is 4.41. The van der Waals surface area contributed by atoms with Crippen LogP contribution in [0.1, 0.15) is 18.9 Å². The van der Waals surface area contributed by atoms with E-state index in [-0.39, 0.29) is 0 Å². The molecule has 0 atom stereocenters. The normalized spacial score (nSPS) is 10.3. The van der Waals surface area contributed by atoms with Crippen LogP contribution in [0.2, 0.25) is 0 Å². The van der Waals surface area contributed by atoms with E-state index in [9.17, 15) is 0 Å². The van der Waals surface area contributed by atoms with E-state index in [0.717, 1.165) is 28.8 Å². The summed E-state index contributed by atoms with van der Waals surface area (Å²) >= 11 is 3.47. The lowest BCUT2D eigenvalue weighted by Gasteiger charge is -2.12. The van der Waals surface area contributed by atoms with Gasteiger partial charge in [-0.25, -0.2) is 4.98 Å². The number of aromatic nitrogens is 2. The number of para-hydroxylation sites is 1. The third-order valence-corrected chi connectivity index (χ3v) is 3.34. The van der Waals surface area contributed by atoms with Gasteiger partial charge >= 0.3 is 0 Å². The molecule has 0 saturated heterocycles. The van der Waals surface area contributed by atoms with Gasteiger partial charge in [-0.2, -0.15) is 4.98 Å². The van der Waals surface area contributed by atoms with Gasteiger partial charge in [-0.3, -0.25) is 0 Å². The van der Waals surface area contributed by atoms with Crippen molar-refractivity contribution in [3.8, 4) is 0 Å². The minimum Gasteiger partial charge on any atom is -0.357 e. The molecule has 0 spiro atoms. The largest absolute Gasteiger partial charge is 0.357 e. The molecular formula is C14H17BrN4. The molecule has 0 bridgehead atoms. The average Bonchev–Trinajstić information content (AvgIpc) is 2.43. The minimum atomic E-state index is 0.596. The number of rotatable bonds is 5. The second-order valence-corrected chi connectivity index (χ2v) is 5.03. The molecule has 1 aromatic carbocycles. The zero-order valence-corrected chi connectivity index (χ0v) is 12.7. The van der Waals surface area contributed by atoms with Gasteiger partial charge < -0.3 is 10.6 Å². The van der Waals surface area contributed by atoms with Crippen LogP contribution < -0.4 is 10.6 Å². The Morgan fingerprint density at radius 2 is 2.05 bits per heavy atom. The molecule has 0 saturated carbocycles. The van der Waals surface area contributed by atoms with Gasteiger partial charge in [0.25, 0.3) is 0 Å².